The number of hydrogen-bond donors (Lipinski definition) is 2. The van der Waals surface area contributed by atoms with Crippen molar-refractivity contribution in [1.29, 1.82) is 0 Å². The van der Waals surface area contributed by atoms with Crippen LogP contribution in [0, 0.1) is 0 Å². The summed E-state index contributed by atoms with van der Waals surface area (Å²) >= 11 is 0. The number of nitrogens with one attached hydrogen (secondary N) is 2. The summed E-state index contributed by atoms with van der Waals surface area (Å²) in [4.78, 5) is 6.57. The average Bonchev–Trinajstić information content (AvgIpc) is 2.63. The van der Waals surface area contributed by atoms with E-state index in [4.69, 9.17) is 0 Å². The Kier molecular flexibility index (Phi) is 13.5. The van der Waals surface area contributed by atoms with Gasteiger partial charge < -0.3 is 15.5 Å². The number of hydrogen-bond acceptors (Lipinski definition) is 2. The molecule has 0 unspecified atom stereocenters. The van der Waals surface area contributed by atoms with Crippen molar-refractivity contribution in [2.24, 2.45) is 4.99 Å². The van der Waals surface area contributed by atoms with E-state index >= 15 is 0 Å². The minimum absolute atomic E-state index is 0. The monoisotopic (exact) mass is 500 g/mol. The molecular weight excluding hydrogens is 468 g/mol. The molecule has 156 valence electrons. The third-order valence-corrected chi connectivity index (χ3v) is 4.30. The van der Waals surface area contributed by atoms with Crippen LogP contribution in [0.3, 0.4) is 0 Å². The second-order valence-electron chi connectivity index (χ2n) is 6.10. The molecule has 1 aromatic carbocycles. The van der Waals surface area contributed by atoms with E-state index in [-0.39, 0.29) is 24.0 Å². The lowest BCUT2D eigenvalue weighted by Crippen LogP contribution is -2.39. The zero-order chi connectivity index (χ0) is 19.4. The molecule has 0 fully saturated rings. The number of benzene rings is 1. The number of guanidine groups is 1. The van der Waals surface area contributed by atoms with Crippen molar-refractivity contribution in [3.63, 3.8) is 0 Å². The molecule has 0 radical (unpaired) electrons. The smallest absolute Gasteiger partial charge is 0.356 e. The minimum atomic E-state index is -4.28. The maximum atomic E-state index is 12.5. The molecule has 0 saturated carbocycles. The number of rotatable bonds is 10. The summed E-state index contributed by atoms with van der Waals surface area (Å²) in [5, 5.41) is 6.46. The van der Waals surface area contributed by atoms with Crippen LogP contribution in [0.2, 0.25) is 0 Å². The van der Waals surface area contributed by atoms with Gasteiger partial charge in [0.2, 0.25) is 0 Å². The molecule has 0 aromatic heterocycles. The Balaban J connectivity index is 0.00000676. The Labute approximate surface area is 178 Å². The zero-order valence-corrected chi connectivity index (χ0v) is 18.7. The van der Waals surface area contributed by atoms with E-state index in [9.17, 15) is 13.2 Å². The van der Waals surface area contributed by atoms with Crippen LogP contribution in [-0.4, -0.2) is 50.6 Å². The lowest BCUT2D eigenvalue weighted by molar-refractivity contribution is -0.137. The molecule has 2 N–H and O–H groups in total. The van der Waals surface area contributed by atoms with E-state index in [1.807, 2.05) is 0 Å². The Hall–Kier alpha value is -1.03. The molecule has 0 amide bonds. The molecule has 0 aliphatic rings. The summed E-state index contributed by atoms with van der Waals surface area (Å²) in [7, 11) is 1.71. The largest absolute Gasteiger partial charge is 0.416 e. The summed E-state index contributed by atoms with van der Waals surface area (Å²) < 4.78 is 37.6. The van der Waals surface area contributed by atoms with Gasteiger partial charge in [-0.05, 0) is 56.6 Å². The van der Waals surface area contributed by atoms with Gasteiger partial charge >= 0.3 is 6.18 Å². The van der Waals surface area contributed by atoms with Crippen molar-refractivity contribution < 1.29 is 13.2 Å². The van der Waals surface area contributed by atoms with Crippen LogP contribution in [0.5, 0.6) is 0 Å². The SMILES string of the molecule is CCN(CC)CCCCNC(=NC)NCCc1ccc(C(F)(F)F)cc1.I. The quantitative estimate of drug-likeness (QED) is 0.220. The standard InChI is InChI=1S/C19H31F3N4.HI/c1-4-26(5-2)15-7-6-13-24-18(23-3)25-14-12-16-8-10-17(11-9-16)19(20,21)22;/h8-11H,4-7,12-15H2,1-3H3,(H2,23,24,25);1H. The predicted octanol–water partition coefficient (Wildman–Crippen LogP) is 4.15. The van der Waals surface area contributed by atoms with Gasteiger partial charge in [0.15, 0.2) is 5.96 Å². The average molecular weight is 500 g/mol. The van der Waals surface area contributed by atoms with E-state index in [2.05, 4.69) is 34.4 Å². The summed E-state index contributed by atoms with van der Waals surface area (Å²) in [5.74, 6) is 0.722. The Morgan fingerprint density at radius 2 is 1.59 bits per heavy atom. The number of alkyl halides is 3. The molecule has 0 saturated heterocycles. The Morgan fingerprint density at radius 1 is 1.00 bits per heavy atom. The predicted molar refractivity (Wildman–Crippen MR) is 117 cm³/mol. The number of halogens is 4. The molecule has 1 aromatic rings. The summed E-state index contributed by atoms with van der Waals surface area (Å²) in [5.41, 5.74) is 0.247. The van der Waals surface area contributed by atoms with Crippen LogP contribution in [0.15, 0.2) is 29.3 Å². The van der Waals surface area contributed by atoms with E-state index in [1.165, 1.54) is 12.1 Å². The molecule has 0 aliphatic heterocycles. The topological polar surface area (TPSA) is 39.7 Å². The lowest BCUT2D eigenvalue weighted by Gasteiger charge is -2.18. The highest BCUT2D eigenvalue weighted by atomic mass is 127. The molecule has 4 nitrogen and oxygen atoms in total. The van der Waals surface area contributed by atoms with Gasteiger partial charge in [0.25, 0.3) is 0 Å². The van der Waals surface area contributed by atoms with Crippen LogP contribution in [0.1, 0.15) is 37.8 Å². The fourth-order valence-electron chi connectivity index (χ4n) is 2.61. The van der Waals surface area contributed by atoms with Crippen LogP contribution in [0.4, 0.5) is 13.2 Å². The van der Waals surface area contributed by atoms with Crippen molar-refractivity contribution in [2.75, 3.05) is 39.8 Å². The number of aliphatic imine (C=N–C) groups is 1. The Bertz CT molecular complexity index is 529. The molecule has 0 aliphatic carbocycles. The molecule has 8 heteroatoms. The molecule has 0 heterocycles. The third-order valence-electron chi connectivity index (χ3n) is 4.30. The third kappa shape index (κ3) is 10.8. The van der Waals surface area contributed by atoms with Gasteiger partial charge in [0.1, 0.15) is 0 Å². The van der Waals surface area contributed by atoms with E-state index in [0.29, 0.717) is 13.0 Å². The first-order chi connectivity index (χ1) is 12.4. The first-order valence-corrected chi connectivity index (χ1v) is 9.23. The highest BCUT2D eigenvalue weighted by Gasteiger charge is 2.29. The highest BCUT2D eigenvalue weighted by Crippen LogP contribution is 2.29. The maximum absolute atomic E-state index is 12.5. The number of nitrogens with zero attached hydrogens (tertiary/aromatic N) is 2. The molecular formula is C19H32F3IN4. The van der Waals surface area contributed by atoms with Crippen LogP contribution < -0.4 is 10.6 Å². The second-order valence-corrected chi connectivity index (χ2v) is 6.10. The van der Waals surface area contributed by atoms with Gasteiger partial charge in [-0.15, -0.1) is 24.0 Å². The summed E-state index contributed by atoms with van der Waals surface area (Å²) in [6.45, 7) is 9.07. The first-order valence-electron chi connectivity index (χ1n) is 9.23. The lowest BCUT2D eigenvalue weighted by atomic mass is 10.1. The van der Waals surface area contributed by atoms with Gasteiger partial charge in [-0.25, -0.2) is 0 Å². The first kappa shape index (κ1) is 26.0. The molecule has 27 heavy (non-hydrogen) atoms. The molecule has 0 bridgehead atoms. The molecule has 1 rings (SSSR count). The Morgan fingerprint density at radius 3 is 2.11 bits per heavy atom. The number of unbranched alkanes of at least 4 members (excludes halogenated alkanes) is 1. The van der Waals surface area contributed by atoms with Crippen molar-refractivity contribution in [2.45, 2.75) is 39.3 Å². The second kappa shape index (κ2) is 14.0. The van der Waals surface area contributed by atoms with Crippen LogP contribution in [-0.2, 0) is 12.6 Å². The van der Waals surface area contributed by atoms with Crippen molar-refractivity contribution >= 4 is 29.9 Å². The van der Waals surface area contributed by atoms with Crippen molar-refractivity contribution in [3.8, 4) is 0 Å². The van der Waals surface area contributed by atoms with Crippen molar-refractivity contribution in [1.82, 2.24) is 15.5 Å². The highest BCUT2D eigenvalue weighted by molar-refractivity contribution is 14.0. The van der Waals surface area contributed by atoms with Gasteiger partial charge in [0.05, 0.1) is 5.56 Å². The molecule has 0 spiro atoms. The van der Waals surface area contributed by atoms with Gasteiger partial charge in [0, 0.05) is 20.1 Å². The molecule has 0 atom stereocenters. The van der Waals surface area contributed by atoms with Crippen LogP contribution in [0.25, 0.3) is 0 Å². The zero-order valence-electron chi connectivity index (χ0n) is 16.4. The van der Waals surface area contributed by atoms with Crippen molar-refractivity contribution in [3.05, 3.63) is 35.4 Å². The fourth-order valence-corrected chi connectivity index (χ4v) is 2.61. The minimum Gasteiger partial charge on any atom is -0.356 e. The fraction of sp³-hybridized carbons (Fsp3) is 0.632. The van der Waals surface area contributed by atoms with Gasteiger partial charge in [-0.2, -0.15) is 13.2 Å². The van der Waals surface area contributed by atoms with E-state index < -0.39 is 11.7 Å². The van der Waals surface area contributed by atoms with Crippen LogP contribution >= 0.6 is 24.0 Å². The van der Waals surface area contributed by atoms with E-state index in [1.54, 1.807) is 7.05 Å². The maximum Gasteiger partial charge on any atom is 0.416 e. The normalized spacial score (nSPS) is 12.0. The van der Waals surface area contributed by atoms with E-state index in [0.717, 1.165) is 62.7 Å². The summed E-state index contributed by atoms with van der Waals surface area (Å²) in [6, 6.07) is 5.29. The summed E-state index contributed by atoms with van der Waals surface area (Å²) in [6.07, 6.45) is -1.44. The van der Waals surface area contributed by atoms with Gasteiger partial charge in [-0.1, -0.05) is 26.0 Å². The van der Waals surface area contributed by atoms with Gasteiger partial charge in [-0.3, -0.25) is 4.99 Å².